The third-order valence-electron chi connectivity index (χ3n) is 3.89. The molecule has 0 aromatic rings. The molecule has 4 atom stereocenters. The van der Waals surface area contributed by atoms with Crippen molar-refractivity contribution in [2.45, 2.75) is 31.7 Å². The first-order chi connectivity index (χ1) is 7.24. The Morgan fingerprint density at radius 1 is 1.40 bits per heavy atom. The molecule has 0 heterocycles. The number of alkyl halides is 1. The number of carbonyl (C=O) groups is 1. The monoisotopic (exact) mass is 215 g/mol. The molecule has 2 aliphatic rings. The molecule has 0 aromatic carbocycles. The minimum atomic E-state index is -0.681. The van der Waals surface area contributed by atoms with E-state index < -0.39 is 5.97 Å². The lowest BCUT2D eigenvalue weighted by Crippen LogP contribution is -2.44. The van der Waals surface area contributed by atoms with Crippen LogP contribution in [0.15, 0.2) is 0 Å². The zero-order chi connectivity index (χ0) is 10.8. The van der Waals surface area contributed by atoms with Crippen molar-refractivity contribution in [3.63, 3.8) is 0 Å². The van der Waals surface area contributed by atoms with Crippen LogP contribution in [0, 0.1) is 17.8 Å². The Hall–Kier alpha value is -0.640. The van der Waals surface area contributed by atoms with Crippen LogP contribution in [0.5, 0.6) is 0 Å². The molecule has 0 saturated heterocycles. The van der Waals surface area contributed by atoms with Gasteiger partial charge >= 0.3 is 5.97 Å². The van der Waals surface area contributed by atoms with Crippen molar-refractivity contribution in [3.05, 3.63) is 0 Å². The summed E-state index contributed by atoms with van der Waals surface area (Å²) >= 11 is 0. The lowest BCUT2D eigenvalue weighted by atomic mass is 9.84. The van der Waals surface area contributed by atoms with Gasteiger partial charge in [0.05, 0.1) is 12.6 Å². The summed E-state index contributed by atoms with van der Waals surface area (Å²) in [6, 6.07) is 0.0906. The van der Waals surface area contributed by atoms with Gasteiger partial charge in [0.1, 0.15) is 0 Å². The number of aliphatic carboxylic acids is 1. The average molecular weight is 215 g/mol. The Morgan fingerprint density at radius 2 is 2.13 bits per heavy atom. The fourth-order valence-corrected chi connectivity index (χ4v) is 3.28. The summed E-state index contributed by atoms with van der Waals surface area (Å²) in [6.07, 6.45) is 3.73. The highest BCUT2D eigenvalue weighted by Crippen LogP contribution is 2.48. The number of hydrogen-bond acceptors (Lipinski definition) is 2. The van der Waals surface area contributed by atoms with Crippen molar-refractivity contribution in [1.29, 1.82) is 0 Å². The number of hydrogen-bond donors (Lipinski definition) is 2. The summed E-state index contributed by atoms with van der Waals surface area (Å²) in [5, 5.41) is 12.4. The molecule has 2 N–H and O–H groups in total. The van der Waals surface area contributed by atoms with Crippen molar-refractivity contribution in [1.82, 2.24) is 5.32 Å². The predicted molar refractivity (Wildman–Crippen MR) is 54.3 cm³/mol. The maximum atomic E-state index is 12.0. The molecule has 0 aliphatic heterocycles. The molecule has 15 heavy (non-hydrogen) atoms. The normalized spacial score (nSPS) is 38.5. The van der Waals surface area contributed by atoms with Gasteiger partial charge in [0.15, 0.2) is 0 Å². The van der Waals surface area contributed by atoms with Crippen molar-refractivity contribution >= 4 is 5.97 Å². The van der Waals surface area contributed by atoms with Crippen molar-refractivity contribution in [3.8, 4) is 0 Å². The molecule has 0 radical (unpaired) electrons. The molecular formula is C11H18FNO2. The molecule has 4 heteroatoms. The van der Waals surface area contributed by atoms with Crippen molar-refractivity contribution in [2.24, 2.45) is 17.8 Å². The number of carboxylic acid groups (broad SMARTS) is 1. The third kappa shape index (κ3) is 2.00. The van der Waals surface area contributed by atoms with Crippen molar-refractivity contribution in [2.75, 3.05) is 13.2 Å². The second-order valence-corrected chi connectivity index (χ2v) is 4.72. The van der Waals surface area contributed by atoms with Crippen LogP contribution in [0.1, 0.15) is 25.7 Å². The molecule has 2 bridgehead atoms. The topological polar surface area (TPSA) is 49.3 Å². The maximum absolute atomic E-state index is 12.0. The molecule has 2 saturated carbocycles. The SMILES string of the molecule is O=C(O)C1C2CCC(C2)C1NCCCF. The summed E-state index contributed by atoms with van der Waals surface area (Å²) in [5.74, 6) is -0.0469. The summed E-state index contributed by atoms with van der Waals surface area (Å²) in [6.45, 7) is 0.277. The highest BCUT2D eigenvalue weighted by atomic mass is 19.1. The van der Waals surface area contributed by atoms with Crippen molar-refractivity contribution < 1.29 is 14.3 Å². The second kappa shape index (κ2) is 4.47. The Labute approximate surface area is 89.0 Å². The number of halogens is 1. The van der Waals surface area contributed by atoms with E-state index in [0.29, 0.717) is 24.8 Å². The summed E-state index contributed by atoms with van der Waals surface area (Å²) in [7, 11) is 0. The van der Waals surface area contributed by atoms with Crippen LogP contribution < -0.4 is 5.32 Å². The van der Waals surface area contributed by atoms with Crippen LogP contribution in [0.2, 0.25) is 0 Å². The van der Waals surface area contributed by atoms with Gasteiger partial charge in [0.25, 0.3) is 0 Å². The molecule has 3 nitrogen and oxygen atoms in total. The minimum absolute atomic E-state index is 0.0906. The van der Waals surface area contributed by atoms with Gasteiger partial charge in [-0.3, -0.25) is 9.18 Å². The lowest BCUT2D eigenvalue weighted by molar-refractivity contribution is -0.144. The number of rotatable bonds is 5. The van der Waals surface area contributed by atoms with Gasteiger partial charge in [-0.15, -0.1) is 0 Å². The first-order valence-electron chi connectivity index (χ1n) is 5.76. The van der Waals surface area contributed by atoms with Crippen LogP contribution in [0.3, 0.4) is 0 Å². The number of fused-ring (bicyclic) bond motifs is 2. The van der Waals surface area contributed by atoms with Gasteiger partial charge in [0, 0.05) is 6.04 Å². The first-order valence-corrected chi connectivity index (χ1v) is 5.76. The highest BCUT2D eigenvalue weighted by molar-refractivity contribution is 5.72. The largest absolute Gasteiger partial charge is 0.481 e. The van der Waals surface area contributed by atoms with Gasteiger partial charge < -0.3 is 10.4 Å². The summed E-state index contributed by atoms with van der Waals surface area (Å²) in [5.41, 5.74) is 0. The van der Waals surface area contributed by atoms with E-state index in [9.17, 15) is 9.18 Å². The zero-order valence-corrected chi connectivity index (χ0v) is 8.79. The predicted octanol–water partition coefficient (Wildman–Crippen LogP) is 1.43. The van der Waals surface area contributed by atoms with Crippen LogP contribution in [0.25, 0.3) is 0 Å². The van der Waals surface area contributed by atoms with E-state index in [1.165, 1.54) is 0 Å². The molecule has 86 valence electrons. The maximum Gasteiger partial charge on any atom is 0.308 e. The highest BCUT2D eigenvalue weighted by Gasteiger charge is 2.50. The standard InChI is InChI=1S/C11H18FNO2/c12-4-1-5-13-10-8-3-2-7(6-8)9(10)11(14)15/h7-10,13H,1-6H2,(H,14,15). The van der Waals surface area contributed by atoms with E-state index in [1.54, 1.807) is 0 Å². The van der Waals surface area contributed by atoms with E-state index in [1.807, 2.05) is 0 Å². The van der Waals surface area contributed by atoms with Gasteiger partial charge in [0.2, 0.25) is 0 Å². The average Bonchev–Trinajstić information content (AvgIpc) is 2.77. The molecule has 2 aliphatic carbocycles. The second-order valence-electron chi connectivity index (χ2n) is 4.72. The van der Waals surface area contributed by atoms with Crippen LogP contribution in [-0.4, -0.2) is 30.3 Å². The van der Waals surface area contributed by atoms with Crippen LogP contribution >= 0.6 is 0 Å². The lowest BCUT2D eigenvalue weighted by Gasteiger charge is -2.28. The Kier molecular flexibility index (Phi) is 3.24. The quantitative estimate of drug-likeness (QED) is 0.682. The molecule has 2 rings (SSSR count). The smallest absolute Gasteiger partial charge is 0.308 e. The van der Waals surface area contributed by atoms with Gasteiger partial charge in [-0.1, -0.05) is 0 Å². The molecule has 2 fully saturated rings. The Bertz CT molecular complexity index is 247. The molecule has 4 unspecified atom stereocenters. The molecule has 0 aromatic heterocycles. The summed E-state index contributed by atoms with van der Waals surface area (Å²) < 4.78 is 12.0. The molecule has 0 spiro atoms. The Morgan fingerprint density at radius 3 is 2.80 bits per heavy atom. The van der Waals surface area contributed by atoms with Gasteiger partial charge in [-0.25, -0.2) is 0 Å². The Balaban J connectivity index is 1.93. The van der Waals surface area contributed by atoms with Crippen LogP contribution in [-0.2, 0) is 4.79 Å². The summed E-state index contributed by atoms with van der Waals surface area (Å²) in [4.78, 5) is 11.1. The van der Waals surface area contributed by atoms with E-state index in [-0.39, 0.29) is 18.6 Å². The van der Waals surface area contributed by atoms with Gasteiger partial charge in [-0.05, 0) is 44.1 Å². The molecule has 0 amide bonds. The van der Waals surface area contributed by atoms with E-state index >= 15 is 0 Å². The van der Waals surface area contributed by atoms with Crippen LogP contribution in [0.4, 0.5) is 4.39 Å². The first kappa shape index (κ1) is 10.9. The number of carboxylic acids is 1. The third-order valence-corrected chi connectivity index (χ3v) is 3.89. The fourth-order valence-electron chi connectivity index (χ4n) is 3.28. The van der Waals surface area contributed by atoms with E-state index in [4.69, 9.17) is 5.11 Å². The molecular weight excluding hydrogens is 197 g/mol. The number of nitrogens with one attached hydrogen (secondary N) is 1. The van der Waals surface area contributed by atoms with E-state index in [0.717, 1.165) is 19.3 Å². The fraction of sp³-hybridized carbons (Fsp3) is 0.909. The minimum Gasteiger partial charge on any atom is -0.481 e. The van der Waals surface area contributed by atoms with E-state index in [2.05, 4.69) is 5.32 Å². The zero-order valence-electron chi connectivity index (χ0n) is 8.79. The van der Waals surface area contributed by atoms with Gasteiger partial charge in [-0.2, -0.15) is 0 Å².